The molecular weight excluding hydrogens is 164 g/mol. The number of hydrazine groups is 1. The molecule has 13 heavy (non-hydrogen) atoms. The first-order valence-electron chi connectivity index (χ1n) is 4.58. The van der Waals surface area contributed by atoms with Gasteiger partial charge in [-0.2, -0.15) is 0 Å². The lowest BCUT2D eigenvalue weighted by molar-refractivity contribution is -0.118. The van der Waals surface area contributed by atoms with Gasteiger partial charge in [-0.3, -0.25) is 10.2 Å². The van der Waals surface area contributed by atoms with Crippen LogP contribution in [-0.2, 0) is 4.79 Å². The average Bonchev–Trinajstić information content (AvgIpc) is 1.96. The Balaban J connectivity index is 3.91. The standard InChI is InChI=1S/C10H20N2O/c1-6-11-12-9(13)8(2)7-10(3,4)5/h11H,2,6-7H2,1,3-5H3,(H,12,13). The smallest absolute Gasteiger partial charge is 0.260 e. The molecular formula is C10H20N2O. The van der Waals surface area contributed by atoms with Crippen molar-refractivity contribution >= 4 is 5.91 Å². The third-order valence-electron chi connectivity index (χ3n) is 1.44. The SMILES string of the molecule is C=C(CC(C)(C)C)C(=O)NNCC. The van der Waals surface area contributed by atoms with Crippen LogP contribution >= 0.6 is 0 Å². The van der Waals surface area contributed by atoms with Gasteiger partial charge in [0.05, 0.1) is 0 Å². The molecule has 0 aromatic heterocycles. The number of rotatable bonds is 4. The fourth-order valence-corrected chi connectivity index (χ4v) is 0.977. The van der Waals surface area contributed by atoms with E-state index >= 15 is 0 Å². The van der Waals surface area contributed by atoms with Crippen molar-refractivity contribution in [3.05, 3.63) is 12.2 Å². The van der Waals surface area contributed by atoms with Gasteiger partial charge in [-0.1, -0.05) is 34.3 Å². The molecule has 0 aliphatic heterocycles. The molecule has 2 N–H and O–H groups in total. The van der Waals surface area contributed by atoms with Gasteiger partial charge in [0.15, 0.2) is 0 Å². The van der Waals surface area contributed by atoms with Crippen molar-refractivity contribution < 1.29 is 4.79 Å². The van der Waals surface area contributed by atoms with Gasteiger partial charge in [0.2, 0.25) is 0 Å². The van der Waals surface area contributed by atoms with E-state index in [1.165, 1.54) is 0 Å². The number of nitrogens with one attached hydrogen (secondary N) is 2. The largest absolute Gasteiger partial charge is 0.288 e. The maximum Gasteiger partial charge on any atom is 0.260 e. The van der Waals surface area contributed by atoms with Crippen molar-refractivity contribution in [3.63, 3.8) is 0 Å². The lowest BCUT2D eigenvalue weighted by Crippen LogP contribution is -2.38. The molecule has 0 aromatic rings. The molecule has 76 valence electrons. The van der Waals surface area contributed by atoms with Crippen molar-refractivity contribution in [1.82, 2.24) is 10.9 Å². The summed E-state index contributed by atoms with van der Waals surface area (Å²) >= 11 is 0. The molecule has 0 heterocycles. The summed E-state index contributed by atoms with van der Waals surface area (Å²) in [6.45, 7) is 12.6. The van der Waals surface area contributed by atoms with E-state index < -0.39 is 0 Å². The lowest BCUT2D eigenvalue weighted by atomic mass is 9.88. The minimum Gasteiger partial charge on any atom is -0.288 e. The van der Waals surface area contributed by atoms with E-state index in [9.17, 15) is 4.79 Å². The summed E-state index contributed by atoms with van der Waals surface area (Å²) in [7, 11) is 0. The van der Waals surface area contributed by atoms with Gasteiger partial charge in [-0.05, 0) is 11.8 Å². The predicted molar refractivity (Wildman–Crippen MR) is 55.0 cm³/mol. The summed E-state index contributed by atoms with van der Waals surface area (Å²) in [6.07, 6.45) is 0.713. The molecule has 0 fully saturated rings. The first-order valence-corrected chi connectivity index (χ1v) is 4.58. The van der Waals surface area contributed by atoms with Gasteiger partial charge in [0, 0.05) is 12.1 Å². The Morgan fingerprint density at radius 3 is 2.31 bits per heavy atom. The molecule has 0 radical (unpaired) electrons. The zero-order chi connectivity index (χ0) is 10.5. The van der Waals surface area contributed by atoms with Crippen LogP contribution in [0.25, 0.3) is 0 Å². The predicted octanol–water partition coefficient (Wildman–Crippen LogP) is 1.62. The van der Waals surface area contributed by atoms with E-state index in [2.05, 4.69) is 38.2 Å². The summed E-state index contributed by atoms with van der Waals surface area (Å²) in [5, 5.41) is 0. The van der Waals surface area contributed by atoms with Gasteiger partial charge in [-0.25, -0.2) is 5.43 Å². The number of carbonyl (C=O) groups is 1. The van der Waals surface area contributed by atoms with E-state index in [0.717, 1.165) is 0 Å². The van der Waals surface area contributed by atoms with Gasteiger partial charge < -0.3 is 0 Å². The zero-order valence-electron chi connectivity index (χ0n) is 9.03. The van der Waals surface area contributed by atoms with Crippen LogP contribution in [0.1, 0.15) is 34.1 Å². The minimum atomic E-state index is -0.114. The van der Waals surface area contributed by atoms with Gasteiger partial charge in [-0.15, -0.1) is 0 Å². The van der Waals surface area contributed by atoms with Crippen LogP contribution in [0.5, 0.6) is 0 Å². The van der Waals surface area contributed by atoms with Crippen molar-refractivity contribution in [2.24, 2.45) is 5.41 Å². The van der Waals surface area contributed by atoms with Crippen LogP contribution in [0.15, 0.2) is 12.2 Å². The summed E-state index contributed by atoms with van der Waals surface area (Å²) in [5.74, 6) is -0.114. The van der Waals surface area contributed by atoms with Gasteiger partial charge in [0.25, 0.3) is 5.91 Å². The molecule has 0 aliphatic rings. The zero-order valence-corrected chi connectivity index (χ0v) is 9.03. The van der Waals surface area contributed by atoms with Crippen LogP contribution in [0, 0.1) is 5.41 Å². The van der Waals surface area contributed by atoms with Crippen LogP contribution in [0.2, 0.25) is 0 Å². The molecule has 0 atom stereocenters. The van der Waals surface area contributed by atoms with Crippen LogP contribution in [0.4, 0.5) is 0 Å². The van der Waals surface area contributed by atoms with E-state index in [1.54, 1.807) is 0 Å². The fraction of sp³-hybridized carbons (Fsp3) is 0.700. The molecule has 1 amide bonds. The summed E-state index contributed by atoms with van der Waals surface area (Å²) in [6, 6.07) is 0. The fourth-order valence-electron chi connectivity index (χ4n) is 0.977. The second-order valence-corrected chi connectivity index (χ2v) is 4.33. The van der Waals surface area contributed by atoms with E-state index in [-0.39, 0.29) is 11.3 Å². The van der Waals surface area contributed by atoms with E-state index in [1.807, 2.05) is 6.92 Å². The van der Waals surface area contributed by atoms with Crippen molar-refractivity contribution in [2.45, 2.75) is 34.1 Å². The molecule has 0 unspecified atom stereocenters. The molecule has 3 heteroatoms. The van der Waals surface area contributed by atoms with E-state index in [0.29, 0.717) is 18.5 Å². The Morgan fingerprint density at radius 1 is 1.38 bits per heavy atom. The minimum absolute atomic E-state index is 0.112. The normalized spacial score (nSPS) is 11.1. The lowest BCUT2D eigenvalue weighted by Gasteiger charge is -2.19. The second kappa shape index (κ2) is 5.02. The topological polar surface area (TPSA) is 41.1 Å². The van der Waals surface area contributed by atoms with Gasteiger partial charge in [0.1, 0.15) is 0 Å². The van der Waals surface area contributed by atoms with Gasteiger partial charge >= 0.3 is 0 Å². The van der Waals surface area contributed by atoms with Crippen LogP contribution in [-0.4, -0.2) is 12.5 Å². The highest BCUT2D eigenvalue weighted by Crippen LogP contribution is 2.22. The highest BCUT2D eigenvalue weighted by molar-refractivity contribution is 5.92. The summed E-state index contributed by atoms with van der Waals surface area (Å²) < 4.78 is 0. The highest BCUT2D eigenvalue weighted by atomic mass is 16.2. The molecule has 0 saturated heterocycles. The average molecular weight is 184 g/mol. The Morgan fingerprint density at radius 2 is 1.92 bits per heavy atom. The number of hydrogen-bond donors (Lipinski definition) is 2. The summed E-state index contributed by atoms with van der Waals surface area (Å²) in [5.41, 5.74) is 6.05. The first-order chi connectivity index (χ1) is 5.87. The Kier molecular flexibility index (Phi) is 4.70. The number of carbonyl (C=O) groups excluding carboxylic acids is 1. The number of amides is 1. The first kappa shape index (κ1) is 12.2. The molecule has 0 aliphatic carbocycles. The molecule has 0 bridgehead atoms. The van der Waals surface area contributed by atoms with Crippen molar-refractivity contribution in [1.29, 1.82) is 0 Å². The quantitative estimate of drug-likeness (QED) is 0.515. The molecule has 0 saturated carbocycles. The van der Waals surface area contributed by atoms with Crippen molar-refractivity contribution in [2.75, 3.05) is 6.54 Å². The maximum atomic E-state index is 11.3. The third-order valence-corrected chi connectivity index (χ3v) is 1.44. The molecule has 0 rings (SSSR count). The Bertz CT molecular complexity index is 192. The Hall–Kier alpha value is -0.830. The van der Waals surface area contributed by atoms with Crippen LogP contribution < -0.4 is 10.9 Å². The molecule has 3 nitrogen and oxygen atoms in total. The number of hydrogen-bond acceptors (Lipinski definition) is 2. The molecule has 0 aromatic carbocycles. The molecule has 0 spiro atoms. The third kappa shape index (κ3) is 6.34. The summed E-state index contributed by atoms with van der Waals surface area (Å²) in [4.78, 5) is 11.3. The highest BCUT2D eigenvalue weighted by Gasteiger charge is 2.16. The van der Waals surface area contributed by atoms with Crippen molar-refractivity contribution in [3.8, 4) is 0 Å². The monoisotopic (exact) mass is 184 g/mol. The second-order valence-electron chi connectivity index (χ2n) is 4.33. The van der Waals surface area contributed by atoms with E-state index in [4.69, 9.17) is 0 Å². The Labute approximate surface area is 80.6 Å². The van der Waals surface area contributed by atoms with Crippen LogP contribution in [0.3, 0.4) is 0 Å². The maximum absolute atomic E-state index is 11.3.